The molecule has 3 aliphatic rings. The highest BCUT2D eigenvalue weighted by atomic mass is 32.2. The Bertz CT molecular complexity index is 311. The molecule has 3 rings (SSSR count). The average molecular weight is 312 g/mol. The van der Waals surface area contributed by atoms with Crippen LogP contribution >= 0.6 is 11.8 Å². The zero-order chi connectivity index (χ0) is 14.5. The molecule has 3 heteroatoms. The molecule has 0 aromatic rings. The van der Waals surface area contributed by atoms with Gasteiger partial charge in [-0.15, -0.1) is 0 Å². The van der Waals surface area contributed by atoms with Gasteiger partial charge in [-0.1, -0.05) is 26.2 Å². The molecule has 2 aliphatic heterocycles. The zero-order valence-corrected chi connectivity index (χ0v) is 14.6. The van der Waals surface area contributed by atoms with Crippen LogP contribution in [-0.4, -0.2) is 36.3 Å². The molecule has 122 valence electrons. The third-order valence-corrected chi connectivity index (χ3v) is 6.91. The smallest absolute Gasteiger partial charge is 0.0713 e. The van der Waals surface area contributed by atoms with Crippen molar-refractivity contribution in [2.75, 3.05) is 24.7 Å². The fourth-order valence-electron chi connectivity index (χ4n) is 4.61. The minimum Gasteiger partial charge on any atom is -0.375 e. The van der Waals surface area contributed by atoms with E-state index in [1.165, 1.54) is 75.8 Å². The van der Waals surface area contributed by atoms with Crippen LogP contribution in [0.25, 0.3) is 0 Å². The van der Waals surface area contributed by atoms with Crippen LogP contribution in [0.5, 0.6) is 0 Å². The fraction of sp³-hybridized carbons (Fsp3) is 1.00. The van der Waals surface area contributed by atoms with Crippen molar-refractivity contribution < 1.29 is 4.74 Å². The van der Waals surface area contributed by atoms with Gasteiger partial charge < -0.3 is 10.1 Å². The number of hydrogen-bond acceptors (Lipinski definition) is 3. The Balaban J connectivity index is 1.38. The maximum absolute atomic E-state index is 6.19. The van der Waals surface area contributed by atoms with E-state index in [0.29, 0.717) is 6.04 Å². The van der Waals surface area contributed by atoms with E-state index in [4.69, 9.17) is 4.74 Å². The molecular formula is C18H33NOS. The lowest BCUT2D eigenvalue weighted by molar-refractivity contribution is -0.0931. The van der Waals surface area contributed by atoms with Gasteiger partial charge in [0, 0.05) is 12.6 Å². The first-order valence-corrected chi connectivity index (χ1v) is 10.4. The van der Waals surface area contributed by atoms with Crippen molar-refractivity contribution in [2.45, 2.75) is 76.4 Å². The quantitative estimate of drug-likeness (QED) is 0.839. The maximum Gasteiger partial charge on any atom is 0.0713 e. The third-order valence-electron chi connectivity index (χ3n) is 5.93. The SMILES string of the molecule is CC1CCCC(CCNC2CCOC3(CCSCC3)C2)C1. The first kappa shape index (κ1) is 16.1. The van der Waals surface area contributed by atoms with Crippen molar-refractivity contribution in [1.29, 1.82) is 0 Å². The predicted molar refractivity (Wildman–Crippen MR) is 92.0 cm³/mol. The van der Waals surface area contributed by atoms with E-state index in [9.17, 15) is 0 Å². The molecule has 1 spiro atoms. The van der Waals surface area contributed by atoms with Crippen LogP contribution in [0.4, 0.5) is 0 Å². The molecular weight excluding hydrogens is 278 g/mol. The van der Waals surface area contributed by atoms with E-state index >= 15 is 0 Å². The second-order valence-corrected chi connectivity index (χ2v) is 8.94. The summed E-state index contributed by atoms with van der Waals surface area (Å²) in [5, 5.41) is 3.87. The van der Waals surface area contributed by atoms with Crippen molar-refractivity contribution in [3.63, 3.8) is 0 Å². The van der Waals surface area contributed by atoms with E-state index < -0.39 is 0 Å². The van der Waals surface area contributed by atoms with Crippen LogP contribution in [0.2, 0.25) is 0 Å². The highest BCUT2D eigenvalue weighted by molar-refractivity contribution is 7.99. The van der Waals surface area contributed by atoms with Gasteiger partial charge in [-0.25, -0.2) is 0 Å². The number of nitrogens with one attached hydrogen (secondary N) is 1. The Hall–Kier alpha value is 0.270. The topological polar surface area (TPSA) is 21.3 Å². The Morgan fingerprint density at radius 2 is 2.05 bits per heavy atom. The molecule has 1 aliphatic carbocycles. The number of rotatable bonds is 4. The molecule has 2 saturated heterocycles. The number of thioether (sulfide) groups is 1. The summed E-state index contributed by atoms with van der Waals surface area (Å²) in [5.41, 5.74) is 0.237. The van der Waals surface area contributed by atoms with Gasteiger partial charge in [-0.3, -0.25) is 0 Å². The highest BCUT2D eigenvalue weighted by Gasteiger charge is 2.38. The Kier molecular flexibility index (Phi) is 5.92. The van der Waals surface area contributed by atoms with E-state index in [0.717, 1.165) is 18.4 Å². The van der Waals surface area contributed by atoms with Crippen LogP contribution in [-0.2, 0) is 4.74 Å². The van der Waals surface area contributed by atoms with Gasteiger partial charge in [0.15, 0.2) is 0 Å². The Morgan fingerprint density at radius 1 is 1.19 bits per heavy atom. The minimum absolute atomic E-state index is 0.237. The van der Waals surface area contributed by atoms with Gasteiger partial charge in [0.2, 0.25) is 0 Å². The number of ether oxygens (including phenoxy) is 1. The van der Waals surface area contributed by atoms with Gasteiger partial charge in [-0.05, 0) is 68.4 Å². The lowest BCUT2D eigenvalue weighted by Gasteiger charge is -2.43. The molecule has 3 atom stereocenters. The van der Waals surface area contributed by atoms with Gasteiger partial charge in [-0.2, -0.15) is 11.8 Å². The Labute approximate surface area is 135 Å². The normalized spacial score (nSPS) is 36.7. The van der Waals surface area contributed by atoms with Gasteiger partial charge in [0.05, 0.1) is 5.60 Å². The largest absolute Gasteiger partial charge is 0.375 e. The second kappa shape index (κ2) is 7.70. The summed E-state index contributed by atoms with van der Waals surface area (Å²) < 4.78 is 6.19. The highest BCUT2D eigenvalue weighted by Crippen LogP contribution is 2.37. The zero-order valence-electron chi connectivity index (χ0n) is 13.7. The van der Waals surface area contributed by atoms with Crippen LogP contribution in [0.3, 0.4) is 0 Å². The van der Waals surface area contributed by atoms with Crippen LogP contribution in [0, 0.1) is 11.8 Å². The number of hydrogen-bond donors (Lipinski definition) is 1. The molecule has 0 radical (unpaired) electrons. The van der Waals surface area contributed by atoms with Crippen LogP contribution in [0.1, 0.15) is 64.7 Å². The molecule has 0 amide bonds. The molecule has 2 nitrogen and oxygen atoms in total. The molecule has 21 heavy (non-hydrogen) atoms. The van der Waals surface area contributed by atoms with Crippen molar-refractivity contribution in [1.82, 2.24) is 5.32 Å². The summed E-state index contributed by atoms with van der Waals surface area (Å²) in [7, 11) is 0. The van der Waals surface area contributed by atoms with Crippen molar-refractivity contribution in [3.8, 4) is 0 Å². The third kappa shape index (κ3) is 4.62. The summed E-state index contributed by atoms with van der Waals surface area (Å²) in [6.45, 7) is 4.64. The van der Waals surface area contributed by atoms with Gasteiger partial charge in [0.25, 0.3) is 0 Å². The minimum atomic E-state index is 0.237. The lowest BCUT2D eigenvalue weighted by Crippen LogP contribution is -2.49. The molecule has 3 unspecified atom stereocenters. The van der Waals surface area contributed by atoms with E-state index in [1.807, 2.05) is 0 Å². The summed E-state index contributed by atoms with van der Waals surface area (Å²) in [6, 6.07) is 0.711. The average Bonchev–Trinajstić information content (AvgIpc) is 2.48. The van der Waals surface area contributed by atoms with Crippen LogP contribution < -0.4 is 5.32 Å². The lowest BCUT2D eigenvalue weighted by atomic mass is 9.80. The Morgan fingerprint density at radius 3 is 2.86 bits per heavy atom. The molecule has 0 aromatic heterocycles. The van der Waals surface area contributed by atoms with Crippen molar-refractivity contribution in [3.05, 3.63) is 0 Å². The first-order chi connectivity index (χ1) is 10.3. The molecule has 2 heterocycles. The first-order valence-electron chi connectivity index (χ1n) is 9.21. The molecule has 1 N–H and O–H groups in total. The van der Waals surface area contributed by atoms with Gasteiger partial charge >= 0.3 is 0 Å². The van der Waals surface area contributed by atoms with Gasteiger partial charge in [0.1, 0.15) is 0 Å². The summed E-state index contributed by atoms with van der Waals surface area (Å²) >= 11 is 2.10. The van der Waals surface area contributed by atoms with E-state index in [-0.39, 0.29) is 5.60 Å². The van der Waals surface area contributed by atoms with E-state index in [1.54, 1.807) is 0 Å². The maximum atomic E-state index is 6.19. The van der Waals surface area contributed by atoms with Crippen molar-refractivity contribution >= 4 is 11.8 Å². The molecule has 3 fully saturated rings. The second-order valence-electron chi connectivity index (χ2n) is 7.71. The summed E-state index contributed by atoms with van der Waals surface area (Å²) in [4.78, 5) is 0. The summed E-state index contributed by atoms with van der Waals surface area (Å²) in [5.74, 6) is 4.55. The molecule has 0 bridgehead atoms. The monoisotopic (exact) mass is 311 g/mol. The predicted octanol–water partition coefficient (Wildman–Crippen LogP) is 4.24. The van der Waals surface area contributed by atoms with E-state index in [2.05, 4.69) is 24.0 Å². The molecule has 1 saturated carbocycles. The fourth-order valence-corrected chi connectivity index (χ4v) is 5.84. The van der Waals surface area contributed by atoms with Crippen molar-refractivity contribution in [2.24, 2.45) is 11.8 Å². The standard InChI is InChI=1S/C18H33NOS/c1-15-3-2-4-16(13-15)5-9-19-17-6-10-20-18(14-17)7-11-21-12-8-18/h15-17,19H,2-14H2,1H3. The molecule has 0 aromatic carbocycles. The van der Waals surface area contributed by atoms with Crippen LogP contribution in [0.15, 0.2) is 0 Å². The summed E-state index contributed by atoms with van der Waals surface area (Å²) in [6.07, 6.45) is 12.3.